The molecular weight excluding hydrogens is 536 g/mol. The highest BCUT2D eigenvalue weighted by Gasteiger charge is 2.32. The average Bonchev–Trinajstić information content (AvgIpc) is 3.64. The van der Waals surface area contributed by atoms with Crippen molar-refractivity contribution in [2.45, 2.75) is 36.6 Å². The number of carbonyl (C=O) groups excluding carboxylic acids is 1. The van der Waals surface area contributed by atoms with E-state index >= 15 is 0 Å². The molecule has 0 bridgehead atoms. The number of ether oxygens (including phenoxy) is 1. The molecule has 1 aliphatic heterocycles. The van der Waals surface area contributed by atoms with Crippen LogP contribution in [-0.4, -0.2) is 47.0 Å². The maximum Gasteiger partial charge on any atom is 0.223 e. The molecule has 1 fully saturated rings. The summed E-state index contributed by atoms with van der Waals surface area (Å²) in [5, 5.41) is 0. The minimum Gasteiger partial charge on any atom is -0.457 e. The van der Waals surface area contributed by atoms with Crippen LogP contribution in [0, 0.1) is 0 Å². The highest BCUT2D eigenvalue weighted by atomic mass is 32.2. The number of amides is 1. The normalized spacial score (nSPS) is 15.3. The molecular formula is C32H30N4O4S. The van der Waals surface area contributed by atoms with E-state index in [1.807, 2.05) is 65.6 Å². The Kier molecular flexibility index (Phi) is 7.28. The molecule has 0 spiro atoms. The zero-order valence-electron chi connectivity index (χ0n) is 22.7. The fourth-order valence-corrected chi connectivity index (χ4v) is 5.97. The Labute approximate surface area is 239 Å². The van der Waals surface area contributed by atoms with Crippen LogP contribution in [0.4, 0.5) is 0 Å². The molecule has 1 atom stereocenters. The Morgan fingerprint density at radius 2 is 1.80 bits per heavy atom. The van der Waals surface area contributed by atoms with Gasteiger partial charge >= 0.3 is 0 Å². The molecule has 2 aromatic heterocycles. The number of benzene rings is 3. The molecule has 6 rings (SSSR count). The number of rotatable bonds is 8. The number of aryl methyl sites for hydroxylation is 1. The maximum absolute atomic E-state index is 13.5. The molecule has 3 heterocycles. The Bertz CT molecular complexity index is 1790. The molecule has 0 saturated carbocycles. The summed E-state index contributed by atoms with van der Waals surface area (Å²) in [6.45, 7) is 0.682. The summed E-state index contributed by atoms with van der Waals surface area (Å²) in [5.74, 6) is 1.83. The van der Waals surface area contributed by atoms with E-state index in [9.17, 15) is 13.2 Å². The van der Waals surface area contributed by atoms with Gasteiger partial charge in [-0.15, -0.1) is 0 Å². The molecule has 3 aromatic carbocycles. The fourth-order valence-electron chi connectivity index (χ4n) is 5.34. The first-order valence-electron chi connectivity index (χ1n) is 13.6. The quantitative estimate of drug-likeness (QED) is 0.243. The number of nitrogens with one attached hydrogen (secondary N) is 1. The average molecular weight is 567 g/mol. The third-order valence-electron chi connectivity index (χ3n) is 7.40. The molecule has 0 radical (unpaired) electrons. The van der Waals surface area contributed by atoms with Crippen molar-refractivity contribution in [1.82, 2.24) is 19.9 Å². The lowest BCUT2D eigenvalue weighted by Gasteiger charge is -2.27. The summed E-state index contributed by atoms with van der Waals surface area (Å²) in [5.41, 5.74) is 4.27. The number of imidazole rings is 1. The van der Waals surface area contributed by atoms with E-state index in [1.54, 1.807) is 18.3 Å². The van der Waals surface area contributed by atoms with Gasteiger partial charge in [0.15, 0.2) is 15.7 Å². The number of hydrogen-bond acceptors (Lipinski definition) is 6. The van der Waals surface area contributed by atoms with E-state index in [1.165, 1.54) is 18.4 Å². The van der Waals surface area contributed by atoms with Crippen LogP contribution in [0.2, 0.25) is 0 Å². The van der Waals surface area contributed by atoms with Crippen LogP contribution in [-0.2, 0) is 21.1 Å². The Morgan fingerprint density at radius 1 is 1.02 bits per heavy atom. The molecule has 1 aliphatic rings. The van der Waals surface area contributed by atoms with Gasteiger partial charge in [0.1, 0.15) is 17.2 Å². The van der Waals surface area contributed by atoms with E-state index in [4.69, 9.17) is 9.72 Å². The number of fused-ring (bicyclic) bond motifs is 1. The zero-order valence-corrected chi connectivity index (χ0v) is 23.5. The van der Waals surface area contributed by atoms with E-state index in [0.717, 1.165) is 35.2 Å². The second-order valence-electron chi connectivity index (χ2n) is 10.3. The third kappa shape index (κ3) is 5.85. The van der Waals surface area contributed by atoms with Gasteiger partial charge in [-0.05, 0) is 67.3 Å². The smallest absolute Gasteiger partial charge is 0.223 e. The molecule has 0 aliphatic carbocycles. The van der Waals surface area contributed by atoms with Crippen molar-refractivity contribution >= 4 is 26.8 Å². The first-order chi connectivity index (χ1) is 19.8. The van der Waals surface area contributed by atoms with Crippen molar-refractivity contribution in [2.75, 3.05) is 12.8 Å². The van der Waals surface area contributed by atoms with Gasteiger partial charge in [0.05, 0.1) is 22.0 Å². The molecule has 1 amide bonds. The van der Waals surface area contributed by atoms with E-state index < -0.39 is 9.84 Å². The monoisotopic (exact) mass is 566 g/mol. The predicted molar refractivity (Wildman–Crippen MR) is 157 cm³/mol. The molecule has 41 heavy (non-hydrogen) atoms. The summed E-state index contributed by atoms with van der Waals surface area (Å²) in [4.78, 5) is 28.2. The van der Waals surface area contributed by atoms with Crippen molar-refractivity contribution in [3.05, 3.63) is 102 Å². The zero-order chi connectivity index (χ0) is 28.4. The number of carbonyl (C=O) groups is 1. The van der Waals surface area contributed by atoms with Crippen molar-refractivity contribution in [2.24, 2.45) is 0 Å². The van der Waals surface area contributed by atoms with Gasteiger partial charge in [0.2, 0.25) is 5.91 Å². The van der Waals surface area contributed by atoms with Gasteiger partial charge in [-0.2, -0.15) is 0 Å². The SMILES string of the molecule is CS(=O)(=O)c1ccc(Oc2cc3nc(-c4ccccn4)[nH]c3cc2C2CCCN2C(=O)CCc2ccccc2)cc1. The first kappa shape index (κ1) is 26.7. The van der Waals surface area contributed by atoms with Gasteiger partial charge in [-0.1, -0.05) is 36.4 Å². The van der Waals surface area contributed by atoms with Crippen LogP contribution in [0.25, 0.3) is 22.6 Å². The number of nitrogens with zero attached hydrogens (tertiary/aromatic N) is 3. The highest BCUT2D eigenvalue weighted by molar-refractivity contribution is 7.90. The van der Waals surface area contributed by atoms with Crippen LogP contribution in [0.15, 0.2) is 96.0 Å². The lowest BCUT2D eigenvalue weighted by molar-refractivity contribution is -0.132. The minimum absolute atomic E-state index is 0.110. The first-order valence-corrected chi connectivity index (χ1v) is 15.5. The summed E-state index contributed by atoms with van der Waals surface area (Å²) in [7, 11) is -3.33. The standard InChI is InChI=1S/C32H30N4O4S/c1-41(38,39)24-15-13-23(14-16-24)40-30-21-28-27(34-32(35-28)26-10-5-6-18-33-26)20-25(30)29-11-7-19-36(29)31(37)17-12-22-8-3-2-4-9-22/h2-6,8-10,13-16,18,20-21,29H,7,11-12,17,19H2,1H3,(H,34,35). The summed E-state index contributed by atoms with van der Waals surface area (Å²) < 4.78 is 30.3. The van der Waals surface area contributed by atoms with Crippen molar-refractivity contribution in [3.8, 4) is 23.0 Å². The molecule has 1 N–H and O–H groups in total. The topological polar surface area (TPSA) is 105 Å². The van der Waals surface area contributed by atoms with Crippen LogP contribution in [0.5, 0.6) is 11.5 Å². The summed E-state index contributed by atoms with van der Waals surface area (Å²) in [6, 6.07) is 25.8. The van der Waals surface area contributed by atoms with Gasteiger partial charge in [-0.3, -0.25) is 9.78 Å². The number of aromatic nitrogens is 3. The highest BCUT2D eigenvalue weighted by Crippen LogP contribution is 2.41. The number of pyridine rings is 1. The fraction of sp³-hybridized carbons (Fsp3) is 0.219. The molecule has 208 valence electrons. The lowest BCUT2D eigenvalue weighted by Crippen LogP contribution is -2.30. The second-order valence-corrected chi connectivity index (χ2v) is 12.3. The second kappa shape index (κ2) is 11.2. The summed E-state index contributed by atoms with van der Waals surface area (Å²) >= 11 is 0. The van der Waals surface area contributed by atoms with Gasteiger partial charge in [0.25, 0.3) is 0 Å². The van der Waals surface area contributed by atoms with E-state index in [-0.39, 0.29) is 16.8 Å². The van der Waals surface area contributed by atoms with Crippen LogP contribution >= 0.6 is 0 Å². The molecule has 9 heteroatoms. The predicted octanol–water partition coefficient (Wildman–Crippen LogP) is 6.12. The van der Waals surface area contributed by atoms with Gasteiger partial charge in [0, 0.05) is 37.0 Å². The van der Waals surface area contributed by atoms with Crippen molar-refractivity contribution < 1.29 is 17.9 Å². The minimum atomic E-state index is -3.33. The van der Waals surface area contributed by atoms with E-state index in [0.29, 0.717) is 42.2 Å². The number of H-pyrrole nitrogens is 1. The Balaban J connectivity index is 1.35. The number of aromatic amines is 1. The molecule has 8 nitrogen and oxygen atoms in total. The van der Waals surface area contributed by atoms with Crippen LogP contribution in [0.1, 0.15) is 36.4 Å². The van der Waals surface area contributed by atoms with Gasteiger partial charge < -0.3 is 14.6 Å². The molecule has 5 aromatic rings. The number of sulfone groups is 1. The number of likely N-dealkylation sites (tertiary alicyclic amines) is 1. The largest absolute Gasteiger partial charge is 0.457 e. The third-order valence-corrected chi connectivity index (χ3v) is 8.53. The maximum atomic E-state index is 13.5. The Morgan fingerprint density at radius 3 is 2.54 bits per heavy atom. The summed E-state index contributed by atoms with van der Waals surface area (Å²) in [6.07, 6.45) is 5.72. The van der Waals surface area contributed by atoms with Crippen LogP contribution in [0.3, 0.4) is 0 Å². The Hall–Kier alpha value is -4.50. The van der Waals surface area contributed by atoms with Gasteiger partial charge in [-0.25, -0.2) is 13.4 Å². The van der Waals surface area contributed by atoms with Crippen molar-refractivity contribution in [3.63, 3.8) is 0 Å². The number of hydrogen-bond donors (Lipinski definition) is 1. The van der Waals surface area contributed by atoms with E-state index in [2.05, 4.69) is 9.97 Å². The lowest BCUT2D eigenvalue weighted by atomic mass is 10.0. The van der Waals surface area contributed by atoms with Crippen LogP contribution < -0.4 is 4.74 Å². The molecule has 1 unspecified atom stereocenters. The van der Waals surface area contributed by atoms with Crippen molar-refractivity contribution in [1.29, 1.82) is 0 Å². The molecule has 1 saturated heterocycles.